The number of carbonyl (C=O) groups is 1. The molecule has 6 nitrogen and oxygen atoms in total. The number of halogens is 3. The Hall–Kier alpha value is -4.14. The van der Waals surface area contributed by atoms with E-state index in [1.165, 1.54) is 24.4 Å². The van der Waals surface area contributed by atoms with Gasteiger partial charge >= 0.3 is 0 Å². The van der Waals surface area contributed by atoms with Crippen molar-refractivity contribution in [2.45, 2.75) is 12.8 Å². The zero-order valence-corrected chi connectivity index (χ0v) is 18.7. The van der Waals surface area contributed by atoms with Gasteiger partial charge in [-0.25, -0.2) is 8.78 Å². The molecule has 180 valence electrons. The van der Waals surface area contributed by atoms with Crippen LogP contribution in [0.15, 0.2) is 67.5 Å². The fourth-order valence-corrected chi connectivity index (χ4v) is 4.00. The van der Waals surface area contributed by atoms with Gasteiger partial charge in [-0.3, -0.25) is 9.78 Å². The van der Waals surface area contributed by atoms with Gasteiger partial charge in [0.15, 0.2) is 17.4 Å². The molecule has 0 spiro atoms. The molecule has 0 bridgehead atoms. The zero-order chi connectivity index (χ0) is 24.9. The number of amides is 1. The van der Waals surface area contributed by atoms with E-state index in [1.807, 2.05) is 0 Å². The van der Waals surface area contributed by atoms with E-state index >= 15 is 0 Å². The van der Waals surface area contributed by atoms with Crippen LogP contribution in [0.1, 0.15) is 18.4 Å². The van der Waals surface area contributed by atoms with Gasteiger partial charge in [0.2, 0.25) is 11.7 Å². The van der Waals surface area contributed by atoms with Gasteiger partial charge in [0, 0.05) is 30.4 Å². The van der Waals surface area contributed by atoms with Crippen molar-refractivity contribution < 1.29 is 22.7 Å². The van der Waals surface area contributed by atoms with Crippen LogP contribution < -0.4 is 10.1 Å². The maximum atomic E-state index is 14.8. The zero-order valence-electron chi connectivity index (χ0n) is 18.7. The summed E-state index contributed by atoms with van der Waals surface area (Å²) in [7, 11) is 0. The first-order chi connectivity index (χ1) is 16.9. The van der Waals surface area contributed by atoms with Crippen molar-refractivity contribution >= 4 is 23.0 Å². The molecule has 9 heteroatoms. The second kappa shape index (κ2) is 10.4. The lowest BCUT2D eigenvalue weighted by Crippen LogP contribution is -2.41. The monoisotopic (exact) mass is 480 g/mol. The predicted molar refractivity (Wildman–Crippen MR) is 127 cm³/mol. The van der Waals surface area contributed by atoms with E-state index in [0.29, 0.717) is 37.3 Å². The Labute approximate surface area is 200 Å². The molecule has 0 radical (unpaired) electrons. The molecule has 4 rings (SSSR count). The van der Waals surface area contributed by atoms with Gasteiger partial charge in [-0.15, -0.1) is 0 Å². The van der Waals surface area contributed by atoms with Crippen LogP contribution in [0.3, 0.4) is 0 Å². The minimum Gasteiger partial charge on any atom is -0.454 e. The highest BCUT2D eigenvalue weighted by atomic mass is 19.2. The molecular formula is C26H23F3N4O2. The standard InChI is InChI=1S/C26H23F3N4O2/c1-2-23(34)33-12-4-5-16(15-33)26(30)24-20(28)13-31-14-21(24)32-17-8-10-18(11-9-17)35-22-7-3-6-19(27)25(22)29/h2-3,6-11,13-14,16,30,32H,1,4-5,12,15H2. The minimum absolute atomic E-state index is 0.0792. The second-order valence-corrected chi connectivity index (χ2v) is 8.09. The van der Waals surface area contributed by atoms with Crippen molar-refractivity contribution in [2.24, 2.45) is 5.92 Å². The summed E-state index contributed by atoms with van der Waals surface area (Å²) in [4.78, 5) is 17.5. The van der Waals surface area contributed by atoms with E-state index in [2.05, 4.69) is 16.9 Å². The number of ether oxygens (including phenoxy) is 1. The number of carbonyl (C=O) groups excluding carboxylic acids is 1. The maximum Gasteiger partial charge on any atom is 0.245 e. The van der Waals surface area contributed by atoms with Crippen molar-refractivity contribution in [1.82, 2.24) is 9.88 Å². The summed E-state index contributed by atoms with van der Waals surface area (Å²) in [6, 6.07) is 9.99. The number of aromatic nitrogens is 1. The Balaban J connectivity index is 1.52. The van der Waals surface area contributed by atoms with Crippen LogP contribution in [0.5, 0.6) is 11.5 Å². The number of piperidine rings is 1. The number of nitrogens with zero attached hydrogens (tertiary/aromatic N) is 2. The predicted octanol–water partition coefficient (Wildman–Crippen LogP) is 5.83. The first kappa shape index (κ1) is 24.0. The number of likely N-dealkylation sites (tertiary alicyclic amines) is 1. The number of rotatable bonds is 7. The molecule has 2 N–H and O–H groups in total. The number of benzene rings is 2. The molecule has 1 amide bonds. The highest BCUT2D eigenvalue weighted by Crippen LogP contribution is 2.30. The van der Waals surface area contributed by atoms with Gasteiger partial charge < -0.3 is 20.4 Å². The summed E-state index contributed by atoms with van der Waals surface area (Å²) in [5.74, 6) is -3.25. The number of hydrogen-bond donors (Lipinski definition) is 2. The lowest BCUT2D eigenvalue weighted by Gasteiger charge is -2.33. The molecule has 1 atom stereocenters. The largest absolute Gasteiger partial charge is 0.454 e. The number of pyridine rings is 1. The Morgan fingerprint density at radius 2 is 1.91 bits per heavy atom. The normalized spacial score (nSPS) is 15.4. The highest BCUT2D eigenvalue weighted by Gasteiger charge is 2.28. The first-order valence-electron chi connectivity index (χ1n) is 11.0. The smallest absolute Gasteiger partial charge is 0.245 e. The summed E-state index contributed by atoms with van der Waals surface area (Å²) in [5, 5.41) is 11.8. The van der Waals surface area contributed by atoms with Crippen LogP contribution in [0, 0.1) is 28.8 Å². The molecule has 1 aromatic heterocycles. The molecular weight excluding hydrogens is 457 g/mol. The van der Waals surface area contributed by atoms with Gasteiger partial charge in [0.25, 0.3) is 0 Å². The van der Waals surface area contributed by atoms with Crippen molar-refractivity contribution in [3.8, 4) is 11.5 Å². The maximum absolute atomic E-state index is 14.8. The summed E-state index contributed by atoms with van der Waals surface area (Å²) < 4.78 is 47.5. The van der Waals surface area contributed by atoms with Crippen molar-refractivity contribution in [3.63, 3.8) is 0 Å². The minimum atomic E-state index is -1.08. The second-order valence-electron chi connectivity index (χ2n) is 8.09. The Bertz CT molecular complexity index is 1260. The Morgan fingerprint density at radius 1 is 1.14 bits per heavy atom. The van der Waals surface area contributed by atoms with E-state index in [1.54, 1.807) is 29.2 Å². The van der Waals surface area contributed by atoms with E-state index in [4.69, 9.17) is 10.1 Å². The summed E-state index contributed by atoms with van der Waals surface area (Å²) in [5.41, 5.74) is 1.01. The van der Waals surface area contributed by atoms with Gasteiger partial charge in [0.05, 0.1) is 23.6 Å². The molecule has 2 aromatic carbocycles. The van der Waals surface area contributed by atoms with E-state index in [9.17, 15) is 18.0 Å². The highest BCUT2D eigenvalue weighted by molar-refractivity contribution is 6.05. The van der Waals surface area contributed by atoms with Crippen LogP contribution in [0.25, 0.3) is 0 Å². The summed E-state index contributed by atoms with van der Waals surface area (Å²) in [6.07, 6.45) is 5.07. The molecule has 0 aliphatic carbocycles. The van der Waals surface area contributed by atoms with Crippen molar-refractivity contribution in [2.75, 3.05) is 18.4 Å². The van der Waals surface area contributed by atoms with Crippen LogP contribution in [-0.4, -0.2) is 34.6 Å². The fourth-order valence-electron chi connectivity index (χ4n) is 4.00. The third-order valence-electron chi connectivity index (χ3n) is 5.76. The third-order valence-corrected chi connectivity index (χ3v) is 5.76. The molecule has 1 saturated heterocycles. The number of hydrogen-bond acceptors (Lipinski definition) is 5. The Morgan fingerprint density at radius 3 is 2.66 bits per heavy atom. The van der Waals surface area contributed by atoms with E-state index in [-0.39, 0.29) is 34.6 Å². The SMILES string of the molecule is C=CC(=O)N1CCCC(C(=N)c2c(F)cncc2Nc2ccc(Oc3cccc(F)c3F)cc2)C1. The first-order valence-corrected chi connectivity index (χ1v) is 11.0. The molecule has 0 saturated carbocycles. The van der Waals surface area contributed by atoms with Gasteiger partial charge in [-0.05, 0) is 55.3 Å². The van der Waals surface area contributed by atoms with Crippen LogP contribution >= 0.6 is 0 Å². The molecule has 1 fully saturated rings. The molecule has 1 unspecified atom stereocenters. The van der Waals surface area contributed by atoms with Crippen LogP contribution in [0.4, 0.5) is 24.5 Å². The molecule has 3 aromatic rings. The van der Waals surface area contributed by atoms with E-state index in [0.717, 1.165) is 12.3 Å². The number of nitrogens with one attached hydrogen (secondary N) is 2. The molecule has 2 heterocycles. The van der Waals surface area contributed by atoms with Crippen molar-refractivity contribution in [3.05, 3.63) is 90.5 Å². The average molecular weight is 480 g/mol. The lowest BCUT2D eigenvalue weighted by atomic mass is 9.88. The van der Waals surface area contributed by atoms with Gasteiger partial charge in [0.1, 0.15) is 5.75 Å². The van der Waals surface area contributed by atoms with Gasteiger partial charge in [-0.2, -0.15) is 4.39 Å². The molecule has 35 heavy (non-hydrogen) atoms. The Kier molecular flexibility index (Phi) is 7.14. The topological polar surface area (TPSA) is 78.3 Å². The van der Waals surface area contributed by atoms with E-state index < -0.39 is 17.5 Å². The number of anilines is 2. The van der Waals surface area contributed by atoms with Gasteiger partial charge in [-0.1, -0.05) is 12.6 Å². The summed E-state index contributed by atoms with van der Waals surface area (Å²) >= 11 is 0. The van der Waals surface area contributed by atoms with Crippen LogP contribution in [0.2, 0.25) is 0 Å². The quantitative estimate of drug-likeness (QED) is 0.330. The van der Waals surface area contributed by atoms with Crippen molar-refractivity contribution in [1.29, 1.82) is 5.41 Å². The van der Waals surface area contributed by atoms with Crippen LogP contribution in [-0.2, 0) is 4.79 Å². The lowest BCUT2D eigenvalue weighted by molar-refractivity contribution is -0.127. The fraction of sp³-hybridized carbons (Fsp3) is 0.192. The molecule has 1 aliphatic heterocycles. The molecule has 1 aliphatic rings. The summed E-state index contributed by atoms with van der Waals surface area (Å²) in [6.45, 7) is 4.40. The average Bonchev–Trinajstić information content (AvgIpc) is 2.87. The third kappa shape index (κ3) is 5.34.